The quantitative estimate of drug-likeness (QED) is 0.608. The maximum absolute atomic E-state index is 12.5. The molecule has 0 spiro atoms. The van der Waals surface area contributed by atoms with Gasteiger partial charge < -0.3 is 15.2 Å². The van der Waals surface area contributed by atoms with E-state index >= 15 is 0 Å². The lowest BCUT2D eigenvalue weighted by Gasteiger charge is -2.22. The number of carbonyl (C=O) groups excluding carboxylic acids is 1. The number of hydrogen-bond donors (Lipinski definition) is 2. The van der Waals surface area contributed by atoms with Gasteiger partial charge in [0.1, 0.15) is 5.82 Å². The molecular weight excluding hydrogens is 366 g/mol. The van der Waals surface area contributed by atoms with Gasteiger partial charge in [-0.15, -0.1) is 0 Å². The van der Waals surface area contributed by atoms with Crippen molar-refractivity contribution >= 4 is 15.9 Å². The number of nitrogens with one attached hydrogen (secondary N) is 1. The average Bonchev–Trinajstić information content (AvgIpc) is 2.99. The lowest BCUT2D eigenvalue weighted by Crippen LogP contribution is -2.38. The minimum Gasteiger partial charge on any atom is -0.341 e. The third-order valence-electron chi connectivity index (χ3n) is 4.26. The fourth-order valence-electron chi connectivity index (χ4n) is 2.61. The van der Waals surface area contributed by atoms with Crippen LogP contribution < -0.4 is 10.5 Å². The molecule has 27 heavy (non-hydrogen) atoms. The number of aromatic nitrogens is 2. The number of nitrogens with two attached hydrogens (primary N) is 1. The summed E-state index contributed by atoms with van der Waals surface area (Å²) in [5.74, 6) is 0.470. The molecule has 0 unspecified atom stereocenters. The van der Waals surface area contributed by atoms with Crippen LogP contribution in [0.4, 0.5) is 0 Å². The number of carbonyl (C=O) groups is 1. The zero-order valence-electron chi connectivity index (χ0n) is 15.8. The molecule has 1 heterocycles. The van der Waals surface area contributed by atoms with E-state index in [1.807, 2.05) is 30.3 Å². The van der Waals surface area contributed by atoms with Gasteiger partial charge in [-0.2, -0.15) is 0 Å². The lowest BCUT2D eigenvalue weighted by molar-refractivity contribution is -0.130. The maximum Gasteiger partial charge on any atom is 0.259 e. The van der Waals surface area contributed by atoms with E-state index < -0.39 is 10.0 Å². The van der Waals surface area contributed by atoms with Gasteiger partial charge in [-0.3, -0.25) is 4.79 Å². The van der Waals surface area contributed by atoms with Gasteiger partial charge in [0.15, 0.2) is 5.03 Å². The maximum atomic E-state index is 12.5. The Morgan fingerprint density at radius 3 is 2.56 bits per heavy atom. The molecule has 0 saturated heterocycles. The van der Waals surface area contributed by atoms with Crippen LogP contribution in [-0.2, 0) is 28.3 Å². The van der Waals surface area contributed by atoms with Crippen molar-refractivity contribution in [3.63, 3.8) is 0 Å². The Hall–Kier alpha value is -2.23. The van der Waals surface area contributed by atoms with E-state index in [2.05, 4.69) is 9.71 Å². The Kier molecular flexibility index (Phi) is 7.52. The number of benzene rings is 1. The second-order valence-electron chi connectivity index (χ2n) is 6.29. The Morgan fingerprint density at radius 2 is 1.96 bits per heavy atom. The van der Waals surface area contributed by atoms with Crippen molar-refractivity contribution in [2.75, 3.05) is 26.2 Å². The summed E-state index contributed by atoms with van der Waals surface area (Å²) in [7, 11) is -2.00. The number of amides is 1. The van der Waals surface area contributed by atoms with Crippen molar-refractivity contribution in [2.24, 2.45) is 12.8 Å². The molecule has 1 amide bonds. The monoisotopic (exact) mass is 393 g/mol. The molecule has 0 atom stereocenters. The summed E-state index contributed by atoms with van der Waals surface area (Å²) < 4.78 is 28.6. The van der Waals surface area contributed by atoms with Crippen LogP contribution in [0.15, 0.2) is 41.6 Å². The van der Waals surface area contributed by atoms with Crippen molar-refractivity contribution in [2.45, 2.75) is 24.8 Å². The van der Waals surface area contributed by atoms with E-state index in [9.17, 15) is 13.2 Å². The topological polar surface area (TPSA) is 110 Å². The highest BCUT2D eigenvalue weighted by atomic mass is 32.2. The molecule has 3 N–H and O–H groups in total. The second-order valence-corrected chi connectivity index (χ2v) is 8.00. The van der Waals surface area contributed by atoms with Crippen LogP contribution in [0, 0.1) is 6.92 Å². The van der Waals surface area contributed by atoms with Gasteiger partial charge in [0, 0.05) is 45.8 Å². The molecule has 0 aliphatic carbocycles. The van der Waals surface area contributed by atoms with E-state index in [1.54, 1.807) is 23.4 Å². The zero-order chi connectivity index (χ0) is 19.9. The van der Waals surface area contributed by atoms with E-state index in [-0.39, 0.29) is 23.9 Å². The number of imidazole rings is 1. The number of sulfonamides is 1. The van der Waals surface area contributed by atoms with Crippen LogP contribution >= 0.6 is 0 Å². The summed E-state index contributed by atoms with van der Waals surface area (Å²) in [5, 5.41) is -0.0437. The van der Waals surface area contributed by atoms with Crippen LogP contribution in [0.1, 0.15) is 17.8 Å². The highest BCUT2D eigenvalue weighted by Gasteiger charge is 2.19. The Labute approximate surface area is 160 Å². The standard InChI is InChI=1S/C18H27N5O3S/c1-15-21-17(14-22(15)2)27(25,26)20-11-8-18(24)23(13-10-19)12-9-16-6-4-3-5-7-16/h3-7,14,20H,8-13,19H2,1-2H3. The Morgan fingerprint density at radius 1 is 1.26 bits per heavy atom. The molecule has 0 saturated carbocycles. The molecule has 9 heteroatoms. The van der Waals surface area contributed by atoms with Crippen molar-refractivity contribution < 1.29 is 13.2 Å². The van der Waals surface area contributed by atoms with Gasteiger partial charge in [0.25, 0.3) is 10.0 Å². The normalized spacial score (nSPS) is 11.5. The molecule has 8 nitrogen and oxygen atoms in total. The van der Waals surface area contributed by atoms with Gasteiger partial charge in [-0.1, -0.05) is 30.3 Å². The van der Waals surface area contributed by atoms with E-state index in [0.29, 0.717) is 25.5 Å². The first-order valence-electron chi connectivity index (χ1n) is 8.85. The molecule has 1 aromatic carbocycles. The smallest absolute Gasteiger partial charge is 0.259 e. The van der Waals surface area contributed by atoms with Crippen LogP contribution in [0.5, 0.6) is 0 Å². The molecule has 2 aromatic rings. The zero-order valence-corrected chi connectivity index (χ0v) is 16.6. The highest BCUT2D eigenvalue weighted by Crippen LogP contribution is 2.08. The first kappa shape index (κ1) is 21.1. The summed E-state index contributed by atoms with van der Waals surface area (Å²) in [6, 6.07) is 9.88. The van der Waals surface area contributed by atoms with E-state index in [4.69, 9.17) is 5.73 Å². The number of aryl methyl sites for hydroxylation is 2. The van der Waals surface area contributed by atoms with Gasteiger partial charge >= 0.3 is 0 Å². The molecule has 0 bridgehead atoms. The first-order valence-corrected chi connectivity index (χ1v) is 10.3. The van der Waals surface area contributed by atoms with Crippen LogP contribution in [0.25, 0.3) is 0 Å². The van der Waals surface area contributed by atoms with Crippen molar-refractivity contribution in [3.05, 3.63) is 47.9 Å². The fraction of sp³-hybridized carbons (Fsp3) is 0.444. The van der Waals surface area contributed by atoms with Crippen LogP contribution in [0.3, 0.4) is 0 Å². The third-order valence-corrected chi connectivity index (χ3v) is 5.59. The number of rotatable bonds is 10. The Bertz CT molecular complexity index is 830. The summed E-state index contributed by atoms with van der Waals surface area (Å²) in [6.45, 7) is 3.09. The lowest BCUT2D eigenvalue weighted by atomic mass is 10.1. The Balaban J connectivity index is 1.87. The average molecular weight is 394 g/mol. The van der Waals surface area contributed by atoms with Gasteiger partial charge in [0.2, 0.25) is 5.91 Å². The molecule has 0 aliphatic heterocycles. The van der Waals surface area contributed by atoms with Gasteiger partial charge in [0.05, 0.1) is 0 Å². The highest BCUT2D eigenvalue weighted by molar-refractivity contribution is 7.89. The summed E-state index contributed by atoms with van der Waals surface area (Å²) in [4.78, 5) is 18.1. The van der Waals surface area contributed by atoms with Gasteiger partial charge in [-0.25, -0.2) is 18.1 Å². The minimum atomic E-state index is -3.73. The second kappa shape index (κ2) is 9.63. The molecule has 0 fully saturated rings. The molecule has 1 aromatic heterocycles. The fourth-order valence-corrected chi connectivity index (χ4v) is 3.67. The van der Waals surface area contributed by atoms with Crippen molar-refractivity contribution in [1.82, 2.24) is 19.2 Å². The predicted octanol–water partition coefficient (Wildman–Crippen LogP) is 0.427. The van der Waals surface area contributed by atoms with Gasteiger partial charge in [-0.05, 0) is 18.9 Å². The van der Waals surface area contributed by atoms with E-state index in [1.165, 1.54) is 6.20 Å². The largest absolute Gasteiger partial charge is 0.341 e. The third kappa shape index (κ3) is 6.16. The molecular formula is C18H27N5O3S. The first-order chi connectivity index (χ1) is 12.8. The van der Waals surface area contributed by atoms with Crippen molar-refractivity contribution in [3.8, 4) is 0 Å². The van der Waals surface area contributed by atoms with Crippen molar-refractivity contribution in [1.29, 1.82) is 0 Å². The molecule has 148 valence electrons. The minimum absolute atomic E-state index is 0.0171. The number of hydrogen-bond acceptors (Lipinski definition) is 5. The molecule has 0 aliphatic rings. The number of nitrogens with zero attached hydrogens (tertiary/aromatic N) is 3. The summed E-state index contributed by atoms with van der Waals surface area (Å²) >= 11 is 0. The summed E-state index contributed by atoms with van der Waals surface area (Å²) in [6.07, 6.45) is 2.24. The molecule has 0 radical (unpaired) electrons. The SMILES string of the molecule is Cc1nc(S(=O)(=O)NCCC(=O)N(CCN)CCc2ccccc2)cn1C. The van der Waals surface area contributed by atoms with Crippen LogP contribution in [0.2, 0.25) is 0 Å². The molecule has 2 rings (SSSR count). The summed E-state index contributed by atoms with van der Waals surface area (Å²) in [5.41, 5.74) is 6.75. The predicted molar refractivity (Wildman–Crippen MR) is 104 cm³/mol. The van der Waals surface area contributed by atoms with E-state index in [0.717, 1.165) is 12.0 Å². The van der Waals surface area contributed by atoms with Crippen LogP contribution in [-0.4, -0.2) is 55.0 Å².